The summed E-state index contributed by atoms with van der Waals surface area (Å²) in [6.45, 7) is 4.94. The Morgan fingerprint density at radius 2 is 2.12 bits per heavy atom. The number of hydrogen-bond acceptors (Lipinski definition) is 1. The van der Waals surface area contributed by atoms with Gasteiger partial charge in [-0.1, -0.05) is 26.3 Å². The van der Waals surface area contributed by atoms with Crippen LogP contribution in [0.3, 0.4) is 0 Å². The number of benzene rings is 1. The van der Waals surface area contributed by atoms with Gasteiger partial charge >= 0.3 is 0 Å². The summed E-state index contributed by atoms with van der Waals surface area (Å²) >= 11 is 0. The van der Waals surface area contributed by atoms with Gasteiger partial charge in [0.2, 0.25) is 0 Å². The SMILES string of the molecule is CC1(C)CCCC1NCc1ccc(F)cc1F. The second-order valence-corrected chi connectivity index (χ2v) is 5.55. The van der Waals surface area contributed by atoms with Crippen LogP contribution >= 0.6 is 0 Å². The molecule has 1 aliphatic rings. The van der Waals surface area contributed by atoms with Crippen LogP contribution in [0, 0.1) is 17.0 Å². The molecule has 1 aromatic carbocycles. The Labute approximate surface area is 101 Å². The molecule has 1 fully saturated rings. The van der Waals surface area contributed by atoms with Crippen LogP contribution in [0.5, 0.6) is 0 Å². The maximum absolute atomic E-state index is 13.4. The zero-order valence-electron chi connectivity index (χ0n) is 10.4. The van der Waals surface area contributed by atoms with Gasteiger partial charge in [-0.3, -0.25) is 0 Å². The van der Waals surface area contributed by atoms with Gasteiger partial charge in [0.1, 0.15) is 11.6 Å². The molecule has 94 valence electrons. The van der Waals surface area contributed by atoms with Crippen molar-refractivity contribution in [1.29, 1.82) is 0 Å². The summed E-state index contributed by atoms with van der Waals surface area (Å²) in [6.07, 6.45) is 3.56. The van der Waals surface area contributed by atoms with Gasteiger partial charge < -0.3 is 5.32 Å². The monoisotopic (exact) mass is 239 g/mol. The fourth-order valence-electron chi connectivity index (χ4n) is 2.60. The highest BCUT2D eigenvalue weighted by atomic mass is 19.1. The molecule has 1 aromatic rings. The van der Waals surface area contributed by atoms with Gasteiger partial charge in [0.25, 0.3) is 0 Å². The predicted octanol–water partition coefficient (Wildman–Crippen LogP) is 3.63. The third-order valence-corrected chi connectivity index (χ3v) is 3.81. The summed E-state index contributed by atoms with van der Waals surface area (Å²) in [5.41, 5.74) is 0.811. The number of rotatable bonds is 3. The Balaban J connectivity index is 1.98. The topological polar surface area (TPSA) is 12.0 Å². The van der Waals surface area contributed by atoms with Crippen molar-refractivity contribution in [3.05, 3.63) is 35.4 Å². The van der Waals surface area contributed by atoms with E-state index in [1.165, 1.54) is 25.0 Å². The quantitative estimate of drug-likeness (QED) is 0.849. The zero-order chi connectivity index (χ0) is 12.5. The molecule has 0 amide bonds. The van der Waals surface area contributed by atoms with Crippen molar-refractivity contribution in [2.45, 2.75) is 45.7 Å². The van der Waals surface area contributed by atoms with E-state index in [2.05, 4.69) is 19.2 Å². The average Bonchev–Trinajstić information content (AvgIpc) is 2.57. The fourth-order valence-corrected chi connectivity index (χ4v) is 2.60. The molecular formula is C14H19F2N. The van der Waals surface area contributed by atoms with Crippen molar-refractivity contribution in [3.63, 3.8) is 0 Å². The van der Waals surface area contributed by atoms with E-state index in [9.17, 15) is 8.78 Å². The van der Waals surface area contributed by atoms with Crippen LogP contribution in [-0.4, -0.2) is 6.04 Å². The van der Waals surface area contributed by atoms with Crippen LogP contribution < -0.4 is 5.32 Å². The molecule has 0 radical (unpaired) electrons. The molecule has 0 bridgehead atoms. The summed E-state index contributed by atoms with van der Waals surface area (Å²) in [6, 6.07) is 4.18. The highest BCUT2D eigenvalue weighted by molar-refractivity contribution is 5.18. The smallest absolute Gasteiger partial charge is 0.130 e. The third kappa shape index (κ3) is 2.83. The van der Waals surface area contributed by atoms with Gasteiger partial charge in [-0.25, -0.2) is 8.78 Å². The van der Waals surface area contributed by atoms with E-state index in [1.807, 2.05) is 0 Å². The molecule has 1 saturated carbocycles. The van der Waals surface area contributed by atoms with Crippen molar-refractivity contribution >= 4 is 0 Å². The van der Waals surface area contributed by atoms with Crippen LogP contribution in [0.1, 0.15) is 38.7 Å². The maximum atomic E-state index is 13.4. The summed E-state index contributed by atoms with van der Waals surface area (Å²) in [4.78, 5) is 0. The Morgan fingerprint density at radius 1 is 1.35 bits per heavy atom. The van der Waals surface area contributed by atoms with E-state index in [0.29, 0.717) is 18.2 Å². The molecule has 0 heterocycles. The minimum absolute atomic E-state index is 0.274. The summed E-state index contributed by atoms with van der Waals surface area (Å²) in [5, 5.41) is 3.39. The van der Waals surface area contributed by atoms with E-state index in [0.717, 1.165) is 12.5 Å². The largest absolute Gasteiger partial charge is 0.309 e. The van der Waals surface area contributed by atoms with Crippen LogP contribution in [0.2, 0.25) is 0 Å². The molecule has 1 aliphatic carbocycles. The molecule has 1 nitrogen and oxygen atoms in total. The first kappa shape index (κ1) is 12.5. The van der Waals surface area contributed by atoms with E-state index >= 15 is 0 Å². The van der Waals surface area contributed by atoms with Crippen LogP contribution in [0.25, 0.3) is 0 Å². The van der Waals surface area contributed by atoms with Crippen LogP contribution in [0.15, 0.2) is 18.2 Å². The van der Waals surface area contributed by atoms with Gasteiger partial charge in [-0.05, 0) is 24.3 Å². The van der Waals surface area contributed by atoms with Crippen LogP contribution in [-0.2, 0) is 6.54 Å². The summed E-state index contributed by atoms with van der Waals surface area (Å²) < 4.78 is 26.2. The number of hydrogen-bond donors (Lipinski definition) is 1. The van der Waals surface area contributed by atoms with Crippen molar-refractivity contribution in [2.75, 3.05) is 0 Å². The van der Waals surface area contributed by atoms with Gasteiger partial charge in [0, 0.05) is 24.2 Å². The average molecular weight is 239 g/mol. The molecule has 0 aromatic heterocycles. The standard InChI is InChI=1S/C14H19F2N/c1-14(2)7-3-4-13(14)17-9-10-5-6-11(15)8-12(10)16/h5-6,8,13,17H,3-4,7,9H2,1-2H3. The van der Waals surface area contributed by atoms with E-state index in [4.69, 9.17) is 0 Å². The predicted molar refractivity (Wildman–Crippen MR) is 64.6 cm³/mol. The normalized spacial score (nSPS) is 22.9. The lowest BCUT2D eigenvalue weighted by Gasteiger charge is -2.28. The molecular weight excluding hydrogens is 220 g/mol. The van der Waals surface area contributed by atoms with Gasteiger partial charge in [0.15, 0.2) is 0 Å². The molecule has 0 spiro atoms. The fraction of sp³-hybridized carbons (Fsp3) is 0.571. The van der Waals surface area contributed by atoms with E-state index < -0.39 is 11.6 Å². The van der Waals surface area contributed by atoms with Crippen molar-refractivity contribution in [3.8, 4) is 0 Å². The Hall–Kier alpha value is -0.960. The lowest BCUT2D eigenvalue weighted by Crippen LogP contribution is -2.37. The summed E-state index contributed by atoms with van der Waals surface area (Å²) in [5.74, 6) is -0.985. The van der Waals surface area contributed by atoms with Crippen molar-refractivity contribution in [1.82, 2.24) is 5.32 Å². The first-order valence-electron chi connectivity index (χ1n) is 6.16. The summed E-state index contributed by atoms with van der Waals surface area (Å²) in [7, 11) is 0. The Morgan fingerprint density at radius 3 is 2.71 bits per heavy atom. The Bertz CT molecular complexity index is 401. The van der Waals surface area contributed by atoms with E-state index in [-0.39, 0.29) is 5.41 Å². The van der Waals surface area contributed by atoms with Gasteiger partial charge in [-0.2, -0.15) is 0 Å². The molecule has 17 heavy (non-hydrogen) atoms. The minimum atomic E-state index is -0.521. The van der Waals surface area contributed by atoms with Crippen LogP contribution in [0.4, 0.5) is 8.78 Å². The highest BCUT2D eigenvalue weighted by Crippen LogP contribution is 2.37. The molecule has 0 saturated heterocycles. The third-order valence-electron chi connectivity index (χ3n) is 3.81. The van der Waals surface area contributed by atoms with Gasteiger partial charge in [-0.15, -0.1) is 0 Å². The zero-order valence-corrected chi connectivity index (χ0v) is 10.4. The molecule has 0 aliphatic heterocycles. The number of halogens is 2. The number of nitrogens with one attached hydrogen (secondary N) is 1. The highest BCUT2D eigenvalue weighted by Gasteiger charge is 2.33. The van der Waals surface area contributed by atoms with E-state index in [1.54, 1.807) is 0 Å². The lowest BCUT2D eigenvalue weighted by atomic mass is 9.87. The lowest BCUT2D eigenvalue weighted by molar-refractivity contribution is 0.281. The second kappa shape index (κ2) is 4.73. The molecule has 1 unspecified atom stereocenters. The van der Waals surface area contributed by atoms with Crippen molar-refractivity contribution in [2.24, 2.45) is 5.41 Å². The molecule has 3 heteroatoms. The Kier molecular flexibility index (Phi) is 3.48. The molecule has 1 N–H and O–H groups in total. The second-order valence-electron chi connectivity index (χ2n) is 5.55. The molecule has 2 rings (SSSR count). The first-order valence-corrected chi connectivity index (χ1v) is 6.16. The van der Waals surface area contributed by atoms with Gasteiger partial charge in [0.05, 0.1) is 0 Å². The maximum Gasteiger partial charge on any atom is 0.130 e. The minimum Gasteiger partial charge on any atom is -0.309 e. The first-order chi connectivity index (χ1) is 7.99. The molecule has 1 atom stereocenters. The van der Waals surface area contributed by atoms with Crippen molar-refractivity contribution < 1.29 is 8.78 Å².